The maximum atomic E-state index is 5.89. The third-order valence-corrected chi connectivity index (χ3v) is 2.33. The molecule has 4 nitrogen and oxygen atoms in total. The van der Waals surface area contributed by atoms with E-state index >= 15 is 0 Å². The Bertz CT molecular complexity index is 476. The maximum Gasteiger partial charge on any atom is 0.219 e. The SMILES string of the molecule is NCc1cc(Oc2cccnc2)ncc1Cl. The predicted molar refractivity (Wildman–Crippen MR) is 61.4 cm³/mol. The second-order valence-electron chi connectivity index (χ2n) is 3.11. The standard InChI is InChI=1S/C11H10ClN3O/c12-10-7-15-11(4-8(10)5-13)16-9-2-1-3-14-6-9/h1-4,6-7H,5,13H2. The number of rotatable bonds is 3. The number of nitrogens with zero attached hydrogens (tertiary/aromatic N) is 2. The van der Waals surface area contributed by atoms with Gasteiger partial charge < -0.3 is 10.5 Å². The molecule has 0 saturated carbocycles. The Balaban J connectivity index is 2.22. The number of halogens is 1. The summed E-state index contributed by atoms with van der Waals surface area (Å²) in [6.07, 6.45) is 4.81. The van der Waals surface area contributed by atoms with Crippen LogP contribution >= 0.6 is 11.6 Å². The number of nitrogens with two attached hydrogens (primary N) is 1. The van der Waals surface area contributed by atoms with Crippen molar-refractivity contribution in [3.63, 3.8) is 0 Å². The van der Waals surface area contributed by atoms with Crippen molar-refractivity contribution in [1.82, 2.24) is 9.97 Å². The van der Waals surface area contributed by atoms with E-state index in [1.807, 2.05) is 0 Å². The van der Waals surface area contributed by atoms with E-state index in [2.05, 4.69) is 9.97 Å². The van der Waals surface area contributed by atoms with Crippen molar-refractivity contribution in [3.8, 4) is 11.6 Å². The highest BCUT2D eigenvalue weighted by Crippen LogP contribution is 2.22. The average Bonchev–Trinajstić information content (AvgIpc) is 2.33. The third kappa shape index (κ3) is 2.48. The van der Waals surface area contributed by atoms with Gasteiger partial charge in [-0.2, -0.15) is 0 Å². The van der Waals surface area contributed by atoms with Crippen LogP contribution in [-0.4, -0.2) is 9.97 Å². The summed E-state index contributed by atoms with van der Waals surface area (Å²) in [6.45, 7) is 0.352. The summed E-state index contributed by atoms with van der Waals surface area (Å²) in [7, 11) is 0. The molecule has 0 aliphatic carbocycles. The van der Waals surface area contributed by atoms with Crippen molar-refractivity contribution >= 4 is 11.6 Å². The molecule has 2 rings (SSSR count). The number of pyridine rings is 2. The quantitative estimate of drug-likeness (QED) is 0.887. The molecular formula is C11H10ClN3O. The van der Waals surface area contributed by atoms with E-state index in [9.17, 15) is 0 Å². The summed E-state index contributed by atoms with van der Waals surface area (Å²) < 4.78 is 5.49. The Morgan fingerprint density at radius 2 is 2.25 bits per heavy atom. The van der Waals surface area contributed by atoms with Crippen LogP contribution in [0.1, 0.15) is 5.56 Å². The van der Waals surface area contributed by atoms with Crippen molar-refractivity contribution in [2.75, 3.05) is 0 Å². The van der Waals surface area contributed by atoms with Gasteiger partial charge in [0.2, 0.25) is 5.88 Å². The van der Waals surface area contributed by atoms with E-state index < -0.39 is 0 Å². The lowest BCUT2D eigenvalue weighted by molar-refractivity contribution is 0.460. The fraction of sp³-hybridized carbons (Fsp3) is 0.0909. The zero-order chi connectivity index (χ0) is 11.4. The van der Waals surface area contributed by atoms with Gasteiger partial charge in [-0.15, -0.1) is 0 Å². The van der Waals surface area contributed by atoms with Gasteiger partial charge in [0, 0.05) is 25.0 Å². The van der Waals surface area contributed by atoms with Gasteiger partial charge in [0.25, 0.3) is 0 Å². The number of hydrogen-bond donors (Lipinski definition) is 1. The van der Waals surface area contributed by atoms with E-state index in [0.29, 0.717) is 23.2 Å². The fourth-order valence-corrected chi connectivity index (χ4v) is 1.38. The minimum Gasteiger partial charge on any atom is -0.437 e. The molecule has 0 atom stereocenters. The normalized spacial score (nSPS) is 10.1. The van der Waals surface area contributed by atoms with Crippen LogP contribution in [0.25, 0.3) is 0 Å². The molecule has 0 unspecified atom stereocenters. The first-order valence-corrected chi connectivity index (χ1v) is 5.10. The molecule has 82 valence electrons. The summed E-state index contributed by atoms with van der Waals surface area (Å²) in [5.74, 6) is 1.08. The lowest BCUT2D eigenvalue weighted by Crippen LogP contribution is -1.99. The van der Waals surface area contributed by atoms with Crippen LogP contribution < -0.4 is 10.5 Å². The summed E-state index contributed by atoms with van der Waals surface area (Å²) in [4.78, 5) is 7.98. The summed E-state index contributed by atoms with van der Waals surface area (Å²) in [6, 6.07) is 5.30. The smallest absolute Gasteiger partial charge is 0.219 e. The van der Waals surface area contributed by atoms with Crippen molar-refractivity contribution in [2.45, 2.75) is 6.54 Å². The number of ether oxygens (including phenoxy) is 1. The molecule has 0 aliphatic rings. The monoisotopic (exact) mass is 235 g/mol. The topological polar surface area (TPSA) is 61.0 Å². The number of aromatic nitrogens is 2. The minimum atomic E-state index is 0.352. The molecule has 0 fully saturated rings. The molecule has 0 radical (unpaired) electrons. The number of hydrogen-bond acceptors (Lipinski definition) is 4. The molecule has 2 aromatic heterocycles. The van der Waals surface area contributed by atoms with Crippen molar-refractivity contribution < 1.29 is 4.74 Å². The highest BCUT2D eigenvalue weighted by Gasteiger charge is 2.03. The highest BCUT2D eigenvalue weighted by atomic mass is 35.5. The first-order valence-electron chi connectivity index (χ1n) is 4.72. The highest BCUT2D eigenvalue weighted by molar-refractivity contribution is 6.31. The molecule has 0 bridgehead atoms. The third-order valence-electron chi connectivity index (χ3n) is 1.99. The van der Waals surface area contributed by atoms with Crippen molar-refractivity contribution in [2.24, 2.45) is 5.73 Å². The first-order chi connectivity index (χ1) is 7.79. The zero-order valence-electron chi connectivity index (χ0n) is 8.43. The summed E-state index contributed by atoms with van der Waals surface area (Å²) in [5.41, 5.74) is 6.33. The molecule has 16 heavy (non-hydrogen) atoms. The molecule has 0 amide bonds. The second kappa shape index (κ2) is 4.92. The van der Waals surface area contributed by atoms with Crippen LogP contribution in [-0.2, 0) is 6.54 Å². The van der Waals surface area contributed by atoms with E-state index in [0.717, 1.165) is 5.56 Å². The van der Waals surface area contributed by atoms with Crippen LogP contribution in [0.5, 0.6) is 11.6 Å². The van der Waals surface area contributed by atoms with E-state index in [1.54, 1.807) is 30.6 Å². The van der Waals surface area contributed by atoms with E-state index in [4.69, 9.17) is 22.1 Å². The predicted octanol–water partition coefficient (Wildman–Crippen LogP) is 2.38. The van der Waals surface area contributed by atoms with Crippen molar-refractivity contribution in [1.29, 1.82) is 0 Å². The lowest BCUT2D eigenvalue weighted by Gasteiger charge is -2.06. The Morgan fingerprint density at radius 3 is 2.94 bits per heavy atom. The summed E-state index contributed by atoms with van der Waals surface area (Å²) in [5, 5.41) is 0.543. The minimum absolute atomic E-state index is 0.352. The van der Waals surface area contributed by atoms with Crippen LogP contribution in [0.15, 0.2) is 36.8 Å². The van der Waals surface area contributed by atoms with Gasteiger partial charge in [0.05, 0.1) is 11.2 Å². The van der Waals surface area contributed by atoms with Gasteiger partial charge >= 0.3 is 0 Å². The molecule has 0 aliphatic heterocycles. The van der Waals surface area contributed by atoms with Gasteiger partial charge in [0.1, 0.15) is 5.75 Å². The van der Waals surface area contributed by atoms with Gasteiger partial charge in [-0.05, 0) is 17.7 Å². The largest absolute Gasteiger partial charge is 0.437 e. The molecule has 0 saturated heterocycles. The molecular weight excluding hydrogens is 226 g/mol. The fourth-order valence-electron chi connectivity index (χ4n) is 1.20. The molecule has 2 aromatic rings. The Hall–Kier alpha value is -1.65. The van der Waals surface area contributed by atoms with Crippen LogP contribution in [0.2, 0.25) is 5.02 Å². The van der Waals surface area contributed by atoms with Gasteiger partial charge in [0.15, 0.2) is 0 Å². The van der Waals surface area contributed by atoms with Crippen molar-refractivity contribution in [3.05, 3.63) is 47.4 Å². The zero-order valence-corrected chi connectivity index (χ0v) is 9.19. The first kappa shape index (κ1) is 10.9. The maximum absolute atomic E-state index is 5.89. The molecule has 0 spiro atoms. The van der Waals surface area contributed by atoms with Gasteiger partial charge in [-0.3, -0.25) is 4.98 Å². The Labute approximate surface area is 98.0 Å². The van der Waals surface area contributed by atoms with Crippen LogP contribution in [0, 0.1) is 0 Å². The lowest BCUT2D eigenvalue weighted by atomic mass is 10.3. The Kier molecular flexibility index (Phi) is 3.34. The van der Waals surface area contributed by atoms with E-state index in [-0.39, 0.29) is 0 Å². The summed E-state index contributed by atoms with van der Waals surface area (Å²) >= 11 is 5.89. The van der Waals surface area contributed by atoms with E-state index in [1.165, 1.54) is 6.20 Å². The molecule has 0 aromatic carbocycles. The average molecular weight is 236 g/mol. The van der Waals surface area contributed by atoms with Crippen LogP contribution in [0.4, 0.5) is 0 Å². The molecule has 2 N–H and O–H groups in total. The Morgan fingerprint density at radius 1 is 1.38 bits per heavy atom. The second-order valence-corrected chi connectivity index (χ2v) is 3.52. The molecule has 5 heteroatoms. The van der Waals surface area contributed by atoms with Gasteiger partial charge in [-0.1, -0.05) is 11.6 Å². The van der Waals surface area contributed by atoms with Gasteiger partial charge in [-0.25, -0.2) is 4.98 Å². The van der Waals surface area contributed by atoms with Crippen LogP contribution in [0.3, 0.4) is 0 Å². The molecule has 2 heterocycles.